The molecule has 0 saturated carbocycles. The van der Waals surface area contributed by atoms with Crippen molar-refractivity contribution >= 4 is 11.9 Å². The first-order chi connectivity index (χ1) is 11.5. The average molecular weight is 330 g/mol. The minimum absolute atomic E-state index is 0.0949. The lowest BCUT2D eigenvalue weighted by Crippen LogP contribution is -2.36. The zero-order valence-corrected chi connectivity index (χ0v) is 14.2. The van der Waals surface area contributed by atoms with Gasteiger partial charge in [-0.3, -0.25) is 4.90 Å². The molecule has 0 aromatic carbocycles. The van der Waals surface area contributed by atoms with E-state index in [1.165, 1.54) is 11.0 Å². The second-order valence-corrected chi connectivity index (χ2v) is 5.30. The zero-order chi connectivity index (χ0) is 17.7. The molecule has 1 aliphatic heterocycles. The van der Waals surface area contributed by atoms with E-state index in [0.717, 1.165) is 5.57 Å². The summed E-state index contributed by atoms with van der Waals surface area (Å²) in [5, 5.41) is 10.5. The highest BCUT2D eigenvalue weighted by molar-refractivity contribution is 5.79. The summed E-state index contributed by atoms with van der Waals surface area (Å²) < 4.78 is 10.8. The molecule has 0 fully saturated rings. The summed E-state index contributed by atoms with van der Waals surface area (Å²) in [7, 11) is 1.67. The summed E-state index contributed by atoms with van der Waals surface area (Å²) in [6.45, 7) is 7.79. The van der Waals surface area contributed by atoms with Crippen molar-refractivity contribution in [2.45, 2.75) is 26.5 Å². The maximum atomic E-state index is 11.6. The molecule has 1 aliphatic rings. The quantitative estimate of drug-likeness (QED) is 0.840. The van der Waals surface area contributed by atoms with Crippen LogP contribution in [-0.4, -0.2) is 29.7 Å². The van der Waals surface area contributed by atoms with Crippen LogP contribution in [0.2, 0.25) is 0 Å². The summed E-state index contributed by atoms with van der Waals surface area (Å²) in [5.74, 6) is 0.0949. The van der Waals surface area contributed by atoms with E-state index in [1.54, 1.807) is 13.1 Å². The van der Waals surface area contributed by atoms with Crippen molar-refractivity contribution < 1.29 is 14.3 Å². The normalized spacial score (nSPS) is 17.7. The maximum absolute atomic E-state index is 11.6. The molecule has 0 amide bonds. The zero-order valence-electron chi connectivity index (χ0n) is 14.2. The summed E-state index contributed by atoms with van der Waals surface area (Å²) >= 11 is 0. The number of allylic oxidation sites excluding steroid dienone is 3. The van der Waals surface area contributed by atoms with Gasteiger partial charge in [-0.25, -0.2) is 4.79 Å². The fourth-order valence-electron chi connectivity index (χ4n) is 2.33. The molecule has 1 atom stereocenters. The molecule has 2 heterocycles. The van der Waals surface area contributed by atoms with E-state index >= 15 is 0 Å². The molecule has 2 rings (SSSR count). The first kappa shape index (κ1) is 17.7. The van der Waals surface area contributed by atoms with E-state index in [-0.39, 0.29) is 18.5 Å². The van der Waals surface area contributed by atoms with Gasteiger partial charge in [-0.05, 0) is 24.5 Å². The monoisotopic (exact) mass is 330 g/mol. The van der Waals surface area contributed by atoms with Crippen LogP contribution < -0.4 is 5.63 Å². The molecular formula is C18H22N2O4. The van der Waals surface area contributed by atoms with E-state index < -0.39 is 11.9 Å². The summed E-state index contributed by atoms with van der Waals surface area (Å²) in [6, 6.07) is 1.56. The van der Waals surface area contributed by atoms with Crippen LogP contribution in [0.5, 0.6) is 0 Å². The maximum Gasteiger partial charge on any atom is 0.337 e. The minimum atomic E-state index is -0.988. The van der Waals surface area contributed by atoms with Gasteiger partial charge in [-0.1, -0.05) is 37.8 Å². The predicted octanol–water partition coefficient (Wildman–Crippen LogP) is 2.83. The number of aliphatic hydroxyl groups is 1. The van der Waals surface area contributed by atoms with Crippen LogP contribution in [0.3, 0.4) is 0 Å². The first-order valence-electron chi connectivity index (χ1n) is 7.75. The molecule has 0 saturated heterocycles. The average Bonchev–Trinajstić information content (AvgIpc) is 2.58. The first-order valence-corrected chi connectivity index (χ1v) is 7.75. The lowest BCUT2D eigenvalue weighted by Gasteiger charge is -2.31. The topological polar surface area (TPSA) is 75.3 Å². The van der Waals surface area contributed by atoms with Crippen LogP contribution in [0, 0.1) is 0 Å². The molecule has 128 valence electrons. The van der Waals surface area contributed by atoms with Crippen molar-refractivity contribution in [3.63, 3.8) is 0 Å². The predicted molar refractivity (Wildman–Crippen MR) is 93.2 cm³/mol. The number of aliphatic imine (C=N–C) groups is 1. The Balaban J connectivity index is 2.33. The van der Waals surface area contributed by atoms with Gasteiger partial charge in [-0.15, -0.1) is 0 Å². The fourth-order valence-corrected chi connectivity index (χ4v) is 2.33. The molecule has 1 N–H and O–H groups in total. The Morgan fingerprint density at radius 2 is 2.33 bits per heavy atom. The summed E-state index contributed by atoms with van der Waals surface area (Å²) in [4.78, 5) is 17.4. The Morgan fingerprint density at radius 3 is 2.96 bits per heavy atom. The highest BCUT2D eigenvalue weighted by Gasteiger charge is 2.31. The van der Waals surface area contributed by atoms with Crippen LogP contribution in [-0.2, 0) is 11.2 Å². The molecule has 6 heteroatoms. The molecule has 24 heavy (non-hydrogen) atoms. The third kappa shape index (κ3) is 3.65. The van der Waals surface area contributed by atoms with Gasteiger partial charge < -0.3 is 14.3 Å². The Kier molecular flexibility index (Phi) is 5.76. The summed E-state index contributed by atoms with van der Waals surface area (Å²) in [6.07, 6.45) is 6.94. The van der Waals surface area contributed by atoms with Crippen LogP contribution in [0.1, 0.15) is 31.2 Å². The Bertz CT molecular complexity index is 759. The SMILES string of the molecule is C=C/C(=C\C=C/C)COC1=Nc2oc(=O)cc(CC)c2C(O)N1C. The van der Waals surface area contributed by atoms with Crippen molar-refractivity contribution in [2.24, 2.45) is 4.99 Å². The van der Waals surface area contributed by atoms with E-state index in [9.17, 15) is 9.90 Å². The highest BCUT2D eigenvalue weighted by Crippen LogP contribution is 2.34. The van der Waals surface area contributed by atoms with Crippen molar-refractivity contribution in [1.29, 1.82) is 0 Å². The van der Waals surface area contributed by atoms with Crippen molar-refractivity contribution in [2.75, 3.05) is 13.7 Å². The van der Waals surface area contributed by atoms with Crippen LogP contribution in [0.25, 0.3) is 0 Å². The Morgan fingerprint density at radius 1 is 1.58 bits per heavy atom. The standard InChI is InChI=1S/C18H22N2O4/c1-5-8-9-12(6-2)11-23-18-19-16-15(17(22)20(18)4)13(7-3)10-14(21)24-16/h5-6,8-10,17,22H,2,7,11H2,1,3-4H3/b8-5-,12-9+. The van der Waals surface area contributed by atoms with Gasteiger partial charge in [-0.2, -0.15) is 4.99 Å². The summed E-state index contributed by atoms with van der Waals surface area (Å²) in [5.41, 5.74) is 1.57. The second-order valence-electron chi connectivity index (χ2n) is 5.30. The van der Waals surface area contributed by atoms with Gasteiger partial charge >= 0.3 is 5.63 Å². The molecule has 0 radical (unpaired) electrons. The minimum Gasteiger partial charge on any atom is -0.460 e. The van der Waals surface area contributed by atoms with Crippen molar-refractivity contribution in [3.8, 4) is 0 Å². The second kappa shape index (κ2) is 7.79. The van der Waals surface area contributed by atoms with Gasteiger partial charge in [0.2, 0.25) is 5.88 Å². The van der Waals surface area contributed by atoms with Crippen molar-refractivity contribution in [3.05, 3.63) is 64.1 Å². The van der Waals surface area contributed by atoms with Crippen LogP contribution in [0.15, 0.2) is 56.7 Å². The number of rotatable bonds is 5. The van der Waals surface area contributed by atoms with Gasteiger partial charge in [0.05, 0.1) is 5.56 Å². The van der Waals surface area contributed by atoms with E-state index in [1.807, 2.05) is 32.1 Å². The molecule has 1 aromatic heterocycles. The Labute approximate surface area is 141 Å². The molecule has 6 nitrogen and oxygen atoms in total. The number of aryl methyl sites for hydroxylation is 1. The lowest BCUT2D eigenvalue weighted by atomic mass is 10.1. The van der Waals surface area contributed by atoms with Crippen LogP contribution >= 0.6 is 0 Å². The number of nitrogens with zero attached hydrogens (tertiary/aromatic N) is 2. The van der Waals surface area contributed by atoms with E-state index in [4.69, 9.17) is 9.15 Å². The molecular weight excluding hydrogens is 308 g/mol. The molecule has 0 spiro atoms. The van der Waals surface area contributed by atoms with Gasteiger partial charge in [0.15, 0.2) is 6.23 Å². The third-order valence-corrected chi connectivity index (χ3v) is 3.70. The Hall–Kier alpha value is -2.60. The van der Waals surface area contributed by atoms with Crippen molar-refractivity contribution in [1.82, 2.24) is 4.90 Å². The number of hydrogen-bond acceptors (Lipinski definition) is 6. The van der Waals surface area contributed by atoms with Gasteiger partial charge in [0.1, 0.15) is 6.61 Å². The lowest BCUT2D eigenvalue weighted by molar-refractivity contribution is 0.0440. The van der Waals surface area contributed by atoms with Crippen LogP contribution in [0.4, 0.5) is 5.88 Å². The van der Waals surface area contributed by atoms with Gasteiger partial charge in [0.25, 0.3) is 6.02 Å². The smallest absolute Gasteiger partial charge is 0.337 e. The number of amidine groups is 1. The van der Waals surface area contributed by atoms with Gasteiger partial charge in [0, 0.05) is 13.1 Å². The number of fused-ring (bicyclic) bond motifs is 1. The molecule has 1 unspecified atom stereocenters. The van der Waals surface area contributed by atoms with E-state index in [2.05, 4.69) is 11.6 Å². The number of hydrogen-bond donors (Lipinski definition) is 1. The number of ether oxygens (including phenoxy) is 1. The fraction of sp³-hybridized carbons (Fsp3) is 0.333. The third-order valence-electron chi connectivity index (χ3n) is 3.70. The molecule has 0 bridgehead atoms. The molecule has 1 aromatic rings. The largest absolute Gasteiger partial charge is 0.460 e. The number of aliphatic hydroxyl groups excluding tert-OH is 1. The van der Waals surface area contributed by atoms with E-state index in [0.29, 0.717) is 17.5 Å². The molecule has 0 aliphatic carbocycles. The highest BCUT2D eigenvalue weighted by atomic mass is 16.5.